The number of anilines is 1. The van der Waals surface area contributed by atoms with Gasteiger partial charge in [-0.25, -0.2) is 8.42 Å². The van der Waals surface area contributed by atoms with Crippen LogP contribution in [0.25, 0.3) is 0 Å². The Labute approximate surface area is 238 Å². The van der Waals surface area contributed by atoms with Crippen molar-refractivity contribution in [2.45, 2.75) is 45.7 Å². The first-order chi connectivity index (χ1) is 19.1. The number of aryl methyl sites for hydroxylation is 1. The number of likely N-dealkylation sites (N-methyl/N-ethyl adjacent to an activating group) is 1. The van der Waals surface area contributed by atoms with Crippen LogP contribution in [0, 0.1) is 6.92 Å². The van der Waals surface area contributed by atoms with Gasteiger partial charge in [-0.05, 0) is 43.5 Å². The van der Waals surface area contributed by atoms with E-state index in [2.05, 4.69) is 5.32 Å². The maximum Gasteiger partial charge on any atom is 0.243 e. The zero-order valence-corrected chi connectivity index (χ0v) is 24.5. The summed E-state index contributed by atoms with van der Waals surface area (Å²) in [4.78, 5) is 28.7. The van der Waals surface area contributed by atoms with Gasteiger partial charge in [-0.1, -0.05) is 66.2 Å². The predicted octanol–water partition coefficient (Wildman–Crippen LogP) is 4.33. The number of carbonyl (C=O) groups excluding carboxylic acids is 2. The van der Waals surface area contributed by atoms with Gasteiger partial charge in [0.2, 0.25) is 21.8 Å². The quantitative estimate of drug-likeness (QED) is 0.314. The summed E-state index contributed by atoms with van der Waals surface area (Å²) in [5.74, 6) is 0.103. The van der Waals surface area contributed by atoms with Crippen LogP contribution >= 0.6 is 0 Å². The van der Waals surface area contributed by atoms with E-state index in [1.54, 1.807) is 29.2 Å². The molecule has 214 valence electrons. The second kappa shape index (κ2) is 14.5. The van der Waals surface area contributed by atoms with Gasteiger partial charge in [-0.2, -0.15) is 0 Å². The molecule has 0 radical (unpaired) electrons. The minimum atomic E-state index is -3.60. The number of ether oxygens (including phenoxy) is 1. The van der Waals surface area contributed by atoms with E-state index in [0.29, 0.717) is 24.4 Å². The Balaban J connectivity index is 1.86. The Bertz CT molecular complexity index is 1380. The molecule has 0 saturated heterocycles. The van der Waals surface area contributed by atoms with E-state index in [0.717, 1.165) is 22.9 Å². The minimum absolute atomic E-state index is 0.0759. The van der Waals surface area contributed by atoms with Gasteiger partial charge in [-0.15, -0.1) is 0 Å². The number of nitrogens with zero attached hydrogens (tertiary/aromatic N) is 2. The monoisotopic (exact) mass is 565 g/mol. The lowest BCUT2D eigenvalue weighted by molar-refractivity contribution is -0.141. The van der Waals surface area contributed by atoms with Crippen LogP contribution in [0.3, 0.4) is 0 Å². The maximum absolute atomic E-state index is 13.8. The summed E-state index contributed by atoms with van der Waals surface area (Å²) in [6.45, 7) is 4.66. The molecule has 3 rings (SSSR count). The van der Waals surface area contributed by atoms with Crippen molar-refractivity contribution in [3.63, 3.8) is 0 Å². The molecule has 8 nitrogen and oxygen atoms in total. The van der Waals surface area contributed by atoms with E-state index in [1.807, 2.05) is 68.4 Å². The number of amides is 2. The summed E-state index contributed by atoms with van der Waals surface area (Å²) in [5.41, 5.74) is 3.40. The van der Waals surface area contributed by atoms with Crippen molar-refractivity contribution in [1.82, 2.24) is 10.2 Å². The Kier molecular flexibility index (Phi) is 11.1. The molecular weight excluding hydrogens is 526 g/mol. The summed E-state index contributed by atoms with van der Waals surface area (Å²) in [6.07, 6.45) is 1.86. The van der Waals surface area contributed by atoms with Crippen LogP contribution in [0.15, 0.2) is 78.9 Å². The molecule has 1 atom stereocenters. The number of carbonyl (C=O) groups is 2. The average Bonchev–Trinajstić information content (AvgIpc) is 2.93. The van der Waals surface area contributed by atoms with Gasteiger partial charge in [0, 0.05) is 38.5 Å². The fourth-order valence-electron chi connectivity index (χ4n) is 4.62. The summed E-state index contributed by atoms with van der Waals surface area (Å²) in [5, 5.41) is 2.89. The number of hydrogen-bond acceptors (Lipinski definition) is 5. The Morgan fingerprint density at radius 1 is 0.950 bits per heavy atom. The molecule has 0 aliphatic rings. The number of sulfonamides is 1. The molecule has 40 heavy (non-hydrogen) atoms. The van der Waals surface area contributed by atoms with Gasteiger partial charge in [0.1, 0.15) is 11.8 Å². The molecule has 0 saturated carbocycles. The lowest BCUT2D eigenvalue weighted by Crippen LogP contribution is -2.50. The molecule has 2 amide bonds. The van der Waals surface area contributed by atoms with Gasteiger partial charge >= 0.3 is 0 Å². The van der Waals surface area contributed by atoms with Crippen LogP contribution in [0.4, 0.5) is 5.69 Å². The first-order valence-electron chi connectivity index (χ1n) is 13.4. The standard InChI is InChI=1S/C31H39N3O5S/c1-5-32-31(36)29(21-25-13-7-6-8-14-25)33(23-26-15-9-12-24(2)20-26)30(35)18-11-19-34(40(4,37)38)27-16-10-17-28(22-27)39-3/h6-10,12-17,20,22,29H,5,11,18-19,21,23H2,1-4H3,(H,32,36)/t29-/m1/s1. The number of methoxy groups -OCH3 is 1. The van der Waals surface area contributed by atoms with Crippen LogP contribution in [0.2, 0.25) is 0 Å². The Hall–Kier alpha value is -3.85. The number of nitrogens with one attached hydrogen (secondary N) is 1. The van der Waals surface area contributed by atoms with Gasteiger partial charge in [-0.3, -0.25) is 13.9 Å². The Morgan fingerprint density at radius 2 is 1.65 bits per heavy atom. The van der Waals surface area contributed by atoms with E-state index < -0.39 is 16.1 Å². The smallest absolute Gasteiger partial charge is 0.243 e. The Morgan fingerprint density at radius 3 is 2.30 bits per heavy atom. The van der Waals surface area contributed by atoms with E-state index in [9.17, 15) is 18.0 Å². The van der Waals surface area contributed by atoms with Gasteiger partial charge < -0.3 is 15.0 Å². The van der Waals surface area contributed by atoms with Crippen LogP contribution in [-0.2, 0) is 32.6 Å². The molecule has 0 fully saturated rings. The summed E-state index contributed by atoms with van der Waals surface area (Å²) in [6, 6.07) is 23.6. The van der Waals surface area contributed by atoms with Gasteiger partial charge in [0.05, 0.1) is 19.1 Å². The van der Waals surface area contributed by atoms with Crippen molar-refractivity contribution < 1.29 is 22.7 Å². The molecule has 3 aromatic rings. The van der Waals surface area contributed by atoms with Crippen LogP contribution < -0.4 is 14.4 Å². The summed E-state index contributed by atoms with van der Waals surface area (Å²) in [7, 11) is -2.08. The summed E-state index contributed by atoms with van der Waals surface area (Å²) < 4.78 is 31.8. The zero-order valence-electron chi connectivity index (χ0n) is 23.7. The molecule has 1 N–H and O–H groups in total. The molecule has 0 aliphatic carbocycles. The molecule has 3 aromatic carbocycles. The first kappa shape index (κ1) is 30.7. The highest BCUT2D eigenvalue weighted by molar-refractivity contribution is 7.92. The van der Waals surface area contributed by atoms with E-state index >= 15 is 0 Å². The van der Waals surface area contributed by atoms with E-state index in [4.69, 9.17) is 4.74 Å². The van der Waals surface area contributed by atoms with Crippen molar-refractivity contribution in [3.8, 4) is 5.75 Å². The van der Waals surface area contributed by atoms with Crippen molar-refractivity contribution >= 4 is 27.5 Å². The first-order valence-corrected chi connectivity index (χ1v) is 15.3. The normalized spacial score (nSPS) is 11.9. The predicted molar refractivity (Wildman–Crippen MR) is 159 cm³/mol. The number of rotatable bonds is 14. The molecule has 0 aliphatic heterocycles. The fourth-order valence-corrected chi connectivity index (χ4v) is 5.58. The maximum atomic E-state index is 13.8. The number of benzene rings is 3. The van der Waals surface area contributed by atoms with Crippen molar-refractivity contribution in [2.75, 3.05) is 30.8 Å². The van der Waals surface area contributed by atoms with Gasteiger partial charge in [0.25, 0.3) is 0 Å². The third kappa shape index (κ3) is 8.84. The average molecular weight is 566 g/mol. The number of hydrogen-bond donors (Lipinski definition) is 1. The highest BCUT2D eigenvalue weighted by atomic mass is 32.2. The molecular formula is C31H39N3O5S. The third-order valence-corrected chi connectivity index (χ3v) is 7.75. The van der Waals surface area contributed by atoms with Crippen molar-refractivity contribution in [1.29, 1.82) is 0 Å². The van der Waals surface area contributed by atoms with Crippen molar-refractivity contribution in [2.24, 2.45) is 0 Å². The minimum Gasteiger partial charge on any atom is -0.497 e. The van der Waals surface area contributed by atoms with E-state index in [-0.39, 0.29) is 37.7 Å². The molecule has 0 spiro atoms. The highest BCUT2D eigenvalue weighted by Crippen LogP contribution is 2.24. The second-order valence-corrected chi connectivity index (χ2v) is 11.7. The summed E-state index contributed by atoms with van der Waals surface area (Å²) >= 11 is 0. The largest absolute Gasteiger partial charge is 0.497 e. The molecule has 0 unspecified atom stereocenters. The topological polar surface area (TPSA) is 96.0 Å². The van der Waals surface area contributed by atoms with Crippen LogP contribution in [-0.4, -0.2) is 57.6 Å². The van der Waals surface area contributed by atoms with Crippen molar-refractivity contribution in [3.05, 3.63) is 95.6 Å². The van der Waals surface area contributed by atoms with E-state index in [1.165, 1.54) is 11.4 Å². The highest BCUT2D eigenvalue weighted by Gasteiger charge is 2.30. The third-order valence-electron chi connectivity index (χ3n) is 6.55. The fraction of sp³-hybridized carbons (Fsp3) is 0.355. The molecule has 0 aromatic heterocycles. The lowest BCUT2D eigenvalue weighted by atomic mass is 10.0. The molecule has 0 heterocycles. The lowest BCUT2D eigenvalue weighted by Gasteiger charge is -2.32. The molecule has 9 heteroatoms. The second-order valence-electron chi connectivity index (χ2n) is 9.75. The van der Waals surface area contributed by atoms with Gasteiger partial charge in [0.15, 0.2) is 0 Å². The molecule has 0 bridgehead atoms. The SMILES string of the molecule is CCNC(=O)[C@@H](Cc1ccccc1)N(Cc1cccc(C)c1)C(=O)CCCN(c1cccc(OC)c1)S(C)(=O)=O. The van der Waals surface area contributed by atoms with Crippen LogP contribution in [0.1, 0.15) is 36.5 Å². The zero-order chi connectivity index (χ0) is 29.1. The van der Waals surface area contributed by atoms with Crippen LogP contribution in [0.5, 0.6) is 5.75 Å².